The minimum absolute atomic E-state index is 0.353. The minimum atomic E-state index is -0.535. The topological polar surface area (TPSA) is 38.8 Å². The van der Waals surface area contributed by atoms with Gasteiger partial charge in [-0.2, -0.15) is 0 Å². The molecule has 5 heteroatoms. The molecule has 0 radical (unpaired) electrons. The second kappa shape index (κ2) is 6.47. The second-order valence-electron chi connectivity index (χ2n) is 3.79. The molecule has 94 valence electrons. The van der Waals surface area contributed by atoms with Gasteiger partial charge in [0.25, 0.3) is 5.24 Å². The van der Waals surface area contributed by atoms with Crippen LogP contribution in [0.25, 0.3) is 0 Å². The highest BCUT2D eigenvalue weighted by Crippen LogP contribution is 2.26. The van der Waals surface area contributed by atoms with Crippen molar-refractivity contribution in [2.24, 2.45) is 0 Å². The van der Waals surface area contributed by atoms with Crippen molar-refractivity contribution in [3.8, 4) is 11.5 Å². The van der Waals surface area contributed by atoms with Crippen molar-refractivity contribution in [1.29, 1.82) is 0 Å². The first-order valence-corrected chi connectivity index (χ1v) is 5.57. The number of nitrogens with zero attached hydrogens (tertiary/aromatic N) is 1. The van der Waals surface area contributed by atoms with Gasteiger partial charge in [0, 0.05) is 12.6 Å². The molecule has 0 bridgehead atoms. The summed E-state index contributed by atoms with van der Waals surface area (Å²) in [5.74, 6) is 1.08. The van der Waals surface area contributed by atoms with Gasteiger partial charge in [0.15, 0.2) is 0 Å². The molecule has 0 saturated heterocycles. The van der Waals surface area contributed by atoms with Crippen molar-refractivity contribution < 1.29 is 14.3 Å². The maximum absolute atomic E-state index is 11.2. The molecule has 0 unspecified atom stereocenters. The quantitative estimate of drug-likeness (QED) is 0.731. The summed E-state index contributed by atoms with van der Waals surface area (Å²) in [6.07, 6.45) is 0. The number of carbonyl (C=O) groups is 1. The van der Waals surface area contributed by atoms with Crippen LogP contribution in [0.15, 0.2) is 18.2 Å². The molecule has 1 rings (SSSR count). The SMILES string of the molecule is COc1ccc(C(=O)Cl)c(OCCN(C)C)c1. The molecule has 0 amide bonds. The Morgan fingerprint density at radius 2 is 2.12 bits per heavy atom. The summed E-state index contributed by atoms with van der Waals surface area (Å²) >= 11 is 5.48. The van der Waals surface area contributed by atoms with Crippen molar-refractivity contribution >= 4 is 16.8 Å². The Labute approximate surface area is 106 Å². The molecule has 4 nitrogen and oxygen atoms in total. The fourth-order valence-corrected chi connectivity index (χ4v) is 1.41. The third-order valence-electron chi connectivity index (χ3n) is 2.20. The molecule has 0 aliphatic rings. The van der Waals surface area contributed by atoms with Gasteiger partial charge in [-0.3, -0.25) is 4.79 Å². The number of ether oxygens (including phenoxy) is 2. The Hall–Kier alpha value is -1.26. The largest absolute Gasteiger partial charge is 0.497 e. The van der Waals surface area contributed by atoms with Gasteiger partial charge in [0.05, 0.1) is 12.7 Å². The summed E-state index contributed by atoms with van der Waals surface area (Å²) in [7, 11) is 5.45. The second-order valence-corrected chi connectivity index (χ2v) is 4.13. The molecule has 0 N–H and O–H groups in total. The van der Waals surface area contributed by atoms with E-state index in [0.29, 0.717) is 23.7 Å². The van der Waals surface area contributed by atoms with Crippen LogP contribution >= 0.6 is 11.6 Å². The average molecular weight is 258 g/mol. The van der Waals surface area contributed by atoms with Crippen LogP contribution in [-0.2, 0) is 0 Å². The molecule has 1 aromatic carbocycles. The average Bonchev–Trinajstić information content (AvgIpc) is 2.28. The number of benzene rings is 1. The molecule has 0 aliphatic carbocycles. The van der Waals surface area contributed by atoms with E-state index in [1.165, 1.54) is 0 Å². The molecular formula is C12H16ClNO3. The number of hydrogen-bond donors (Lipinski definition) is 0. The lowest BCUT2D eigenvalue weighted by molar-refractivity contribution is 0.107. The zero-order chi connectivity index (χ0) is 12.8. The lowest BCUT2D eigenvalue weighted by Crippen LogP contribution is -2.19. The molecule has 0 saturated carbocycles. The number of hydrogen-bond acceptors (Lipinski definition) is 4. The number of rotatable bonds is 6. The first-order chi connectivity index (χ1) is 8.04. The van der Waals surface area contributed by atoms with E-state index in [9.17, 15) is 4.79 Å². The predicted molar refractivity (Wildman–Crippen MR) is 67.2 cm³/mol. The van der Waals surface area contributed by atoms with Gasteiger partial charge in [-0.05, 0) is 37.8 Å². The standard InChI is InChI=1S/C12H16ClNO3/c1-14(2)6-7-17-11-8-9(16-3)4-5-10(11)12(13)15/h4-5,8H,6-7H2,1-3H3. The highest BCUT2D eigenvalue weighted by atomic mass is 35.5. The summed E-state index contributed by atoms with van der Waals surface area (Å²) in [5, 5.41) is -0.535. The van der Waals surface area contributed by atoms with Crippen LogP contribution in [0.3, 0.4) is 0 Å². The van der Waals surface area contributed by atoms with E-state index in [1.807, 2.05) is 19.0 Å². The van der Waals surface area contributed by atoms with Crippen molar-refractivity contribution in [2.45, 2.75) is 0 Å². The summed E-state index contributed by atoms with van der Waals surface area (Å²) in [6.45, 7) is 1.24. The van der Waals surface area contributed by atoms with E-state index < -0.39 is 5.24 Å². The maximum atomic E-state index is 11.2. The number of likely N-dealkylation sites (N-methyl/N-ethyl adjacent to an activating group) is 1. The molecule has 0 fully saturated rings. The van der Waals surface area contributed by atoms with Gasteiger partial charge in [-0.25, -0.2) is 0 Å². The minimum Gasteiger partial charge on any atom is -0.497 e. The van der Waals surface area contributed by atoms with Gasteiger partial charge in [0.2, 0.25) is 0 Å². The van der Waals surface area contributed by atoms with E-state index in [-0.39, 0.29) is 0 Å². The van der Waals surface area contributed by atoms with Crippen molar-refractivity contribution in [3.05, 3.63) is 23.8 Å². The molecule has 0 heterocycles. The van der Waals surface area contributed by atoms with Gasteiger partial charge in [-0.15, -0.1) is 0 Å². The van der Waals surface area contributed by atoms with Crippen LogP contribution in [0.1, 0.15) is 10.4 Å². The molecule has 0 aromatic heterocycles. The fourth-order valence-electron chi connectivity index (χ4n) is 1.25. The summed E-state index contributed by atoms with van der Waals surface area (Å²) in [6, 6.07) is 4.93. The zero-order valence-corrected chi connectivity index (χ0v) is 11.0. The van der Waals surface area contributed by atoms with E-state index in [0.717, 1.165) is 6.54 Å². The monoisotopic (exact) mass is 257 g/mol. The van der Waals surface area contributed by atoms with Crippen molar-refractivity contribution in [3.63, 3.8) is 0 Å². The van der Waals surface area contributed by atoms with Gasteiger partial charge in [0.1, 0.15) is 18.1 Å². The Kier molecular flexibility index (Phi) is 5.25. The lowest BCUT2D eigenvalue weighted by atomic mass is 10.2. The van der Waals surface area contributed by atoms with Gasteiger partial charge >= 0.3 is 0 Å². The Morgan fingerprint density at radius 1 is 1.41 bits per heavy atom. The van der Waals surface area contributed by atoms with E-state index in [1.54, 1.807) is 25.3 Å². The normalized spacial score (nSPS) is 10.4. The lowest BCUT2D eigenvalue weighted by Gasteiger charge is -2.13. The van der Waals surface area contributed by atoms with E-state index in [4.69, 9.17) is 21.1 Å². The number of halogens is 1. The van der Waals surface area contributed by atoms with Crippen LogP contribution in [-0.4, -0.2) is 44.5 Å². The third-order valence-corrected chi connectivity index (χ3v) is 2.40. The Balaban J connectivity index is 2.82. The van der Waals surface area contributed by atoms with E-state index in [2.05, 4.69) is 0 Å². The van der Waals surface area contributed by atoms with Gasteiger partial charge in [-0.1, -0.05) is 0 Å². The molecule has 0 atom stereocenters. The highest BCUT2D eigenvalue weighted by Gasteiger charge is 2.11. The van der Waals surface area contributed by atoms with Crippen LogP contribution in [0.2, 0.25) is 0 Å². The first kappa shape index (κ1) is 13.8. The summed E-state index contributed by atoms with van der Waals surface area (Å²) < 4.78 is 10.6. The third kappa shape index (κ3) is 4.24. The molecule has 1 aromatic rings. The molecule has 17 heavy (non-hydrogen) atoms. The van der Waals surface area contributed by atoms with Crippen LogP contribution in [0.5, 0.6) is 11.5 Å². The first-order valence-electron chi connectivity index (χ1n) is 5.20. The maximum Gasteiger partial charge on any atom is 0.256 e. The molecule has 0 spiro atoms. The van der Waals surface area contributed by atoms with Gasteiger partial charge < -0.3 is 14.4 Å². The van der Waals surface area contributed by atoms with Crippen LogP contribution in [0, 0.1) is 0 Å². The van der Waals surface area contributed by atoms with E-state index >= 15 is 0 Å². The molecular weight excluding hydrogens is 242 g/mol. The Morgan fingerprint density at radius 3 is 2.65 bits per heavy atom. The number of methoxy groups -OCH3 is 1. The zero-order valence-electron chi connectivity index (χ0n) is 10.2. The fraction of sp³-hybridized carbons (Fsp3) is 0.417. The van der Waals surface area contributed by atoms with Crippen molar-refractivity contribution in [1.82, 2.24) is 4.90 Å². The van der Waals surface area contributed by atoms with Crippen LogP contribution < -0.4 is 9.47 Å². The van der Waals surface area contributed by atoms with Crippen LogP contribution in [0.4, 0.5) is 0 Å². The number of carbonyl (C=O) groups excluding carboxylic acids is 1. The van der Waals surface area contributed by atoms with Crippen molar-refractivity contribution in [2.75, 3.05) is 34.4 Å². The smallest absolute Gasteiger partial charge is 0.256 e. The summed E-state index contributed by atoms with van der Waals surface area (Å²) in [4.78, 5) is 13.2. The molecule has 0 aliphatic heterocycles. The predicted octanol–water partition coefficient (Wildman–Crippen LogP) is 2.01. The summed E-state index contributed by atoms with van der Waals surface area (Å²) in [5.41, 5.74) is 0.353. The Bertz CT molecular complexity index is 393. The highest BCUT2D eigenvalue weighted by molar-refractivity contribution is 6.68.